The molecule has 0 saturated carbocycles. The van der Waals surface area contributed by atoms with Crippen LogP contribution in [0.1, 0.15) is 11.1 Å². The number of hydrogen-bond acceptors (Lipinski definition) is 3. The molecule has 0 fully saturated rings. The van der Waals surface area contributed by atoms with Crippen molar-refractivity contribution in [1.82, 2.24) is 9.97 Å². The number of benzene rings is 2. The van der Waals surface area contributed by atoms with Crippen LogP contribution in [-0.4, -0.2) is 18.4 Å². The number of halogens is 1. The van der Waals surface area contributed by atoms with Crippen molar-refractivity contribution in [3.63, 3.8) is 0 Å². The van der Waals surface area contributed by atoms with Gasteiger partial charge in [-0.1, -0.05) is 17.7 Å². The van der Waals surface area contributed by atoms with Crippen LogP contribution in [0.2, 0.25) is 5.02 Å². The molecule has 8 heteroatoms. The number of aryl methyl sites for hydroxylation is 2. The van der Waals surface area contributed by atoms with Gasteiger partial charge in [0, 0.05) is 5.02 Å². The molecule has 1 aromatic heterocycles. The summed E-state index contributed by atoms with van der Waals surface area (Å²) in [6.45, 7) is 3.55. The Hall–Kier alpha value is -2.25. The highest BCUT2D eigenvalue weighted by molar-refractivity contribution is 7.92. The van der Waals surface area contributed by atoms with Gasteiger partial charge in [-0.3, -0.25) is 4.72 Å². The van der Waals surface area contributed by atoms with Crippen LogP contribution in [0.15, 0.2) is 40.0 Å². The molecule has 0 radical (unpaired) electrons. The van der Waals surface area contributed by atoms with Crippen molar-refractivity contribution in [1.29, 1.82) is 0 Å². The largest absolute Gasteiger partial charge is 0.323 e. The summed E-state index contributed by atoms with van der Waals surface area (Å²) in [7, 11) is -3.77. The molecule has 120 valence electrons. The number of anilines is 1. The van der Waals surface area contributed by atoms with Gasteiger partial charge >= 0.3 is 5.69 Å². The minimum Gasteiger partial charge on any atom is -0.306 e. The quantitative estimate of drug-likeness (QED) is 0.677. The van der Waals surface area contributed by atoms with Gasteiger partial charge < -0.3 is 9.97 Å². The first kappa shape index (κ1) is 15.6. The third kappa shape index (κ3) is 2.97. The minimum absolute atomic E-state index is 0.0789. The van der Waals surface area contributed by atoms with Gasteiger partial charge in [-0.25, -0.2) is 13.2 Å². The Bertz CT molecular complexity index is 1070. The number of imidazole rings is 1. The van der Waals surface area contributed by atoms with Crippen LogP contribution in [0.25, 0.3) is 11.0 Å². The molecule has 0 unspecified atom stereocenters. The van der Waals surface area contributed by atoms with Crippen molar-refractivity contribution in [2.24, 2.45) is 0 Å². The van der Waals surface area contributed by atoms with Gasteiger partial charge in [0.1, 0.15) is 0 Å². The Kier molecular flexibility index (Phi) is 3.69. The van der Waals surface area contributed by atoms with Crippen LogP contribution < -0.4 is 10.4 Å². The molecular formula is C15H14ClN3O3S. The Morgan fingerprint density at radius 2 is 1.65 bits per heavy atom. The van der Waals surface area contributed by atoms with Crippen molar-refractivity contribution < 1.29 is 8.42 Å². The number of sulfonamides is 1. The predicted molar refractivity (Wildman–Crippen MR) is 90.7 cm³/mol. The Balaban J connectivity index is 2.04. The number of H-pyrrole nitrogens is 2. The molecule has 0 aliphatic carbocycles. The van der Waals surface area contributed by atoms with Crippen LogP contribution in [0.4, 0.5) is 5.69 Å². The molecule has 23 heavy (non-hydrogen) atoms. The van der Waals surface area contributed by atoms with Gasteiger partial charge in [-0.15, -0.1) is 0 Å². The first-order valence-electron chi connectivity index (χ1n) is 6.78. The minimum atomic E-state index is -3.77. The highest BCUT2D eigenvalue weighted by atomic mass is 35.5. The lowest BCUT2D eigenvalue weighted by Crippen LogP contribution is -2.14. The van der Waals surface area contributed by atoms with E-state index < -0.39 is 10.0 Å². The molecule has 0 bridgehead atoms. The monoisotopic (exact) mass is 351 g/mol. The molecule has 0 aliphatic rings. The number of hydrogen-bond donors (Lipinski definition) is 3. The summed E-state index contributed by atoms with van der Waals surface area (Å²) in [5.41, 5.74) is 2.69. The average molecular weight is 352 g/mol. The molecule has 0 spiro atoms. The van der Waals surface area contributed by atoms with E-state index in [1.54, 1.807) is 32.0 Å². The molecule has 1 heterocycles. The summed E-state index contributed by atoms with van der Waals surface area (Å²) in [4.78, 5) is 16.6. The Morgan fingerprint density at radius 1 is 1.00 bits per heavy atom. The van der Waals surface area contributed by atoms with Crippen LogP contribution in [0.5, 0.6) is 0 Å². The molecule has 6 nitrogen and oxygen atoms in total. The maximum atomic E-state index is 12.5. The predicted octanol–water partition coefficient (Wildman–Crippen LogP) is 2.93. The Morgan fingerprint density at radius 3 is 2.30 bits per heavy atom. The van der Waals surface area contributed by atoms with E-state index in [2.05, 4.69) is 14.7 Å². The number of fused-ring (bicyclic) bond motifs is 1. The zero-order chi connectivity index (χ0) is 16.8. The fraction of sp³-hybridized carbons (Fsp3) is 0.133. The third-order valence-electron chi connectivity index (χ3n) is 3.56. The Labute approximate surface area is 137 Å². The third-order valence-corrected chi connectivity index (χ3v) is 5.33. The highest BCUT2D eigenvalue weighted by Gasteiger charge is 2.17. The first-order valence-corrected chi connectivity index (χ1v) is 8.64. The second-order valence-corrected chi connectivity index (χ2v) is 7.40. The molecule has 0 saturated heterocycles. The van der Waals surface area contributed by atoms with E-state index in [-0.39, 0.29) is 10.6 Å². The molecule has 0 atom stereocenters. The van der Waals surface area contributed by atoms with Gasteiger partial charge in [-0.05, 0) is 49.2 Å². The summed E-state index contributed by atoms with van der Waals surface area (Å²) >= 11 is 6.00. The summed E-state index contributed by atoms with van der Waals surface area (Å²) in [6.07, 6.45) is 0. The van der Waals surface area contributed by atoms with Crippen molar-refractivity contribution in [2.75, 3.05) is 4.72 Å². The topological polar surface area (TPSA) is 94.8 Å². The SMILES string of the molecule is Cc1ccc(S(=O)(=O)Nc2cc3[nH]c(=O)[nH]c3cc2C)cc1Cl. The molecule has 0 amide bonds. The summed E-state index contributed by atoms with van der Waals surface area (Å²) < 4.78 is 27.5. The average Bonchev–Trinajstić information content (AvgIpc) is 2.81. The molecular weight excluding hydrogens is 338 g/mol. The van der Waals surface area contributed by atoms with Crippen LogP contribution in [-0.2, 0) is 10.0 Å². The molecule has 0 aliphatic heterocycles. The van der Waals surface area contributed by atoms with Crippen molar-refractivity contribution >= 4 is 38.3 Å². The second-order valence-electron chi connectivity index (χ2n) is 5.31. The normalized spacial score (nSPS) is 11.8. The zero-order valence-corrected chi connectivity index (χ0v) is 14.0. The van der Waals surface area contributed by atoms with E-state index in [4.69, 9.17) is 11.6 Å². The van der Waals surface area contributed by atoms with Crippen LogP contribution >= 0.6 is 11.6 Å². The van der Waals surface area contributed by atoms with Gasteiger partial charge in [0.05, 0.1) is 21.6 Å². The highest BCUT2D eigenvalue weighted by Crippen LogP contribution is 2.25. The van der Waals surface area contributed by atoms with Crippen LogP contribution in [0, 0.1) is 13.8 Å². The summed E-state index contributed by atoms with van der Waals surface area (Å²) in [5.74, 6) is 0. The fourth-order valence-electron chi connectivity index (χ4n) is 2.25. The lowest BCUT2D eigenvalue weighted by molar-refractivity contribution is 0.601. The maximum Gasteiger partial charge on any atom is 0.323 e. The molecule has 3 N–H and O–H groups in total. The van der Waals surface area contributed by atoms with Crippen LogP contribution in [0.3, 0.4) is 0 Å². The van der Waals surface area contributed by atoms with Crippen molar-refractivity contribution in [3.8, 4) is 0 Å². The first-order chi connectivity index (χ1) is 10.8. The fourth-order valence-corrected chi connectivity index (χ4v) is 3.64. The van der Waals surface area contributed by atoms with Gasteiger partial charge in [-0.2, -0.15) is 0 Å². The smallest absolute Gasteiger partial charge is 0.306 e. The summed E-state index contributed by atoms with van der Waals surface area (Å²) in [5, 5.41) is 0.384. The number of aromatic nitrogens is 2. The van der Waals surface area contributed by atoms with E-state index in [1.165, 1.54) is 12.1 Å². The molecule has 2 aromatic carbocycles. The van der Waals surface area contributed by atoms with Gasteiger partial charge in [0.2, 0.25) is 0 Å². The van der Waals surface area contributed by atoms with E-state index in [0.717, 1.165) is 5.56 Å². The van der Waals surface area contributed by atoms with E-state index in [9.17, 15) is 13.2 Å². The maximum absolute atomic E-state index is 12.5. The summed E-state index contributed by atoms with van der Waals surface area (Å²) in [6, 6.07) is 7.83. The number of rotatable bonds is 3. The number of aromatic amines is 2. The standard InChI is InChI=1S/C15H14ClN3O3S/c1-8-3-4-10(6-11(8)16)23(21,22)19-12-7-14-13(5-9(12)2)17-15(20)18-14/h3-7,19H,1-2H3,(H2,17,18,20). The van der Waals surface area contributed by atoms with Gasteiger partial charge in [0.15, 0.2) is 0 Å². The van der Waals surface area contributed by atoms with Gasteiger partial charge in [0.25, 0.3) is 10.0 Å². The van der Waals surface area contributed by atoms with E-state index in [0.29, 0.717) is 27.3 Å². The van der Waals surface area contributed by atoms with E-state index in [1.807, 2.05) is 0 Å². The van der Waals surface area contributed by atoms with Crippen molar-refractivity contribution in [2.45, 2.75) is 18.7 Å². The zero-order valence-electron chi connectivity index (χ0n) is 12.4. The lowest BCUT2D eigenvalue weighted by atomic mass is 10.2. The number of nitrogens with one attached hydrogen (secondary N) is 3. The molecule has 3 aromatic rings. The lowest BCUT2D eigenvalue weighted by Gasteiger charge is -2.11. The molecule has 3 rings (SSSR count). The van der Waals surface area contributed by atoms with Crippen molar-refractivity contribution in [3.05, 3.63) is 57.0 Å². The second kappa shape index (κ2) is 5.43. The van der Waals surface area contributed by atoms with E-state index >= 15 is 0 Å².